The SMILES string of the molecule is O=COCCc1nnn[nH]1. The third-order valence-electron chi connectivity index (χ3n) is 0.914. The Morgan fingerprint density at radius 2 is 2.60 bits per heavy atom. The van der Waals surface area contributed by atoms with Gasteiger partial charge in [0.05, 0.1) is 6.61 Å². The quantitative estimate of drug-likeness (QED) is 0.427. The lowest BCUT2D eigenvalue weighted by Crippen LogP contribution is -1.98. The molecule has 0 fully saturated rings. The summed E-state index contributed by atoms with van der Waals surface area (Å²) in [5.74, 6) is 0.613. The van der Waals surface area contributed by atoms with Crippen LogP contribution in [0.3, 0.4) is 0 Å². The maximum absolute atomic E-state index is 9.65. The van der Waals surface area contributed by atoms with E-state index in [-0.39, 0.29) is 0 Å². The van der Waals surface area contributed by atoms with Gasteiger partial charge in [-0.1, -0.05) is 0 Å². The largest absolute Gasteiger partial charge is 0.467 e. The minimum absolute atomic E-state index is 0.306. The van der Waals surface area contributed by atoms with Gasteiger partial charge in [0.25, 0.3) is 6.47 Å². The van der Waals surface area contributed by atoms with Crippen molar-refractivity contribution < 1.29 is 9.53 Å². The predicted molar refractivity (Wildman–Crippen MR) is 29.9 cm³/mol. The first-order valence-electron chi connectivity index (χ1n) is 2.71. The Morgan fingerprint density at radius 1 is 1.70 bits per heavy atom. The number of nitrogens with one attached hydrogen (secondary N) is 1. The number of carbonyl (C=O) groups excluding carboxylic acids is 1. The van der Waals surface area contributed by atoms with Crippen molar-refractivity contribution in [2.75, 3.05) is 6.61 Å². The number of hydrogen-bond acceptors (Lipinski definition) is 5. The molecule has 0 aliphatic heterocycles. The molecule has 1 N–H and O–H groups in total. The van der Waals surface area contributed by atoms with Crippen LogP contribution in [-0.2, 0) is 16.0 Å². The molecular formula is C4H6N4O2. The summed E-state index contributed by atoms with van der Waals surface area (Å²) in [5.41, 5.74) is 0. The standard InChI is InChI=1S/C4H6N4O2/c9-3-10-2-1-4-5-7-8-6-4/h3H,1-2H2,(H,5,6,7,8). The highest BCUT2D eigenvalue weighted by Gasteiger charge is 1.94. The van der Waals surface area contributed by atoms with Gasteiger partial charge in [0.15, 0.2) is 5.82 Å². The molecule has 0 saturated heterocycles. The molecule has 0 aliphatic rings. The Hall–Kier alpha value is -1.46. The highest BCUT2D eigenvalue weighted by molar-refractivity contribution is 5.36. The minimum atomic E-state index is 0.306. The van der Waals surface area contributed by atoms with Gasteiger partial charge < -0.3 is 4.74 Å². The van der Waals surface area contributed by atoms with E-state index in [2.05, 4.69) is 25.4 Å². The summed E-state index contributed by atoms with van der Waals surface area (Å²) in [5, 5.41) is 12.8. The maximum atomic E-state index is 9.65. The number of tetrazole rings is 1. The maximum Gasteiger partial charge on any atom is 0.293 e. The van der Waals surface area contributed by atoms with Crippen LogP contribution in [0.5, 0.6) is 0 Å². The molecule has 0 bridgehead atoms. The molecule has 0 radical (unpaired) electrons. The van der Waals surface area contributed by atoms with E-state index in [0.717, 1.165) is 0 Å². The summed E-state index contributed by atoms with van der Waals surface area (Å²) in [6.07, 6.45) is 0.520. The molecule has 54 valence electrons. The molecule has 0 aromatic carbocycles. The highest BCUT2D eigenvalue weighted by Crippen LogP contribution is 1.84. The number of aromatic amines is 1. The molecule has 1 rings (SSSR count). The fraction of sp³-hybridized carbons (Fsp3) is 0.500. The van der Waals surface area contributed by atoms with Gasteiger partial charge in [-0.25, -0.2) is 5.10 Å². The van der Waals surface area contributed by atoms with Crippen molar-refractivity contribution in [1.82, 2.24) is 20.6 Å². The van der Waals surface area contributed by atoms with Crippen LogP contribution in [-0.4, -0.2) is 33.7 Å². The molecule has 0 amide bonds. The third kappa shape index (κ3) is 1.81. The number of H-pyrrole nitrogens is 1. The monoisotopic (exact) mass is 142 g/mol. The van der Waals surface area contributed by atoms with Gasteiger partial charge in [-0.05, 0) is 10.4 Å². The van der Waals surface area contributed by atoms with Crippen LogP contribution in [0.15, 0.2) is 0 Å². The molecule has 1 aromatic rings. The molecule has 0 saturated carbocycles. The Labute approximate surface area is 56.6 Å². The second-order valence-corrected chi connectivity index (χ2v) is 1.56. The Kier molecular flexibility index (Phi) is 2.36. The van der Waals surface area contributed by atoms with E-state index in [1.54, 1.807) is 0 Å². The van der Waals surface area contributed by atoms with Crippen molar-refractivity contribution in [3.05, 3.63) is 5.82 Å². The number of hydrogen-bond donors (Lipinski definition) is 1. The van der Waals surface area contributed by atoms with Crippen molar-refractivity contribution in [1.29, 1.82) is 0 Å². The first-order valence-corrected chi connectivity index (χ1v) is 2.71. The van der Waals surface area contributed by atoms with Gasteiger partial charge in [-0.3, -0.25) is 4.79 Å². The lowest BCUT2D eigenvalue weighted by molar-refractivity contribution is -0.128. The molecule has 0 spiro atoms. The molecule has 6 heteroatoms. The average molecular weight is 142 g/mol. The Bertz CT molecular complexity index is 185. The molecule has 1 heterocycles. The van der Waals surface area contributed by atoms with Gasteiger partial charge >= 0.3 is 0 Å². The van der Waals surface area contributed by atoms with Crippen LogP contribution in [0.25, 0.3) is 0 Å². The van der Waals surface area contributed by atoms with E-state index in [4.69, 9.17) is 0 Å². The molecule has 0 aliphatic carbocycles. The number of carbonyl (C=O) groups is 1. The van der Waals surface area contributed by atoms with Crippen molar-refractivity contribution in [3.63, 3.8) is 0 Å². The number of rotatable bonds is 4. The third-order valence-corrected chi connectivity index (χ3v) is 0.914. The van der Waals surface area contributed by atoms with E-state index in [1.165, 1.54) is 0 Å². The zero-order valence-corrected chi connectivity index (χ0v) is 5.15. The van der Waals surface area contributed by atoms with Crippen LogP contribution in [0.2, 0.25) is 0 Å². The summed E-state index contributed by atoms with van der Waals surface area (Å²) in [6.45, 7) is 0.699. The van der Waals surface area contributed by atoms with Gasteiger partial charge in [-0.2, -0.15) is 0 Å². The van der Waals surface area contributed by atoms with Crippen LogP contribution >= 0.6 is 0 Å². The second-order valence-electron chi connectivity index (χ2n) is 1.56. The van der Waals surface area contributed by atoms with Crippen LogP contribution in [0, 0.1) is 0 Å². The summed E-state index contributed by atoms with van der Waals surface area (Å²) in [4.78, 5) is 9.65. The number of aromatic nitrogens is 4. The second kappa shape index (κ2) is 3.54. The summed E-state index contributed by atoms with van der Waals surface area (Å²) in [7, 11) is 0. The van der Waals surface area contributed by atoms with Crippen molar-refractivity contribution >= 4 is 6.47 Å². The lowest BCUT2D eigenvalue weighted by Gasteiger charge is -1.91. The molecular weight excluding hydrogens is 136 g/mol. The van der Waals surface area contributed by atoms with Crippen LogP contribution in [0.4, 0.5) is 0 Å². The van der Waals surface area contributed by atoms with Gasteiger partial charge in [0.1, 0.15) is 0 Å². The van der Waals surface area contributed by atoms with E-state index in [1.807, 2.05) is 0 Å². The van der Waals surface area contributed by atoms with Crippen LogP contribution in [0.1, 0.15) is 5.82 Å². The number of ether oxygens (including phenoxy) is 1. The van der Waals surface area contributed by atoms with Crippen molar-refractivity contribution in [3.8, 4) is 0 Å². The normalized spacial score (nSPS) is 9.20. The first kappa shape index (κ1) is 6.66. The zero-order valence-electron chi connectivity index (χ0n) is 5.15. The fourth-order valence-electron chi connectivity index (χ4n) is 0.488. The van der Waals surface area contributed by atoms with Gasteiger partial charge in [0.2, 0.25) is 0 Å². The van der Waals surface area contributed by atoms with E-state index in [0.29, 0.717) is 25.3 Å². The summed E-state index contributed by atoms with van der Waals surface area (Å²) in [6, 6.07) is 0. The van der Waals surface area contributed by atoms with Gasteiger partial charge in [0, 0.05) is 6.42 Å². The average Bonchev–Trinajstić information content (AvgIpc) is 2.41. The molecule has 10 heavy (non-hydrogen) atoms. The topological polar surface area (TPSA) is 80.8 Å². The molecule has 1 aromatic heterocycles. The zero-order chi connectivity index (χ0) is 7.23. The predicted octanol–water partition coefficient (Wildman–Crippen LogP) is -1.08. The van der Waals surface area contributed by atoms with Crippen molar-refractivity contribution in [2.24, 2.45) is 0 Å². The van der Waals surface area contributed by atoms with E-state index < -0.39 is 0 Å². The van der Waals surface area contributed by atoms with E-state index in [9.17, 15) is 4.79 Å². The highest BCUT2D eigenvalue weighted by atomic mass is 16.5. The summed E-state index contributed by atoms with van der Waals surface area (Å²) >= 11 is 0. The summed E-state index contributed by atoms with van der Waals surface area (Å²) < 4.78 is 4.41. The fourth-order valence-corrected chi connectivity index (χ4v) is 0.488. The molecule has 6 nitrogen and oxygen atoms in total. The van der Waals surface area contributed by atoms with Gasteiger partial charge in [-0.15, -0.1) is 5.10 Å². The molecule has 0 unspecified atom stereocenters. The van der Waals surface area contributed by atoms with E-state index >= 15 is 0 Å². The Balaban J connectivity index is 2.21. The number of nitrogens with zero attached hydrogens (tertiary/aromatic N) is 3. The first-order chi connectivity index (χ1) is 4.93. The smallest absolute Gasteiger partial charge is 0.293 e. The lowest BCUT2D eigenvalue weighted by atomic mass is 10.4. The van der Waals surface area contributed by atoms with Crippen LogP contribution < -0.4 is 0 Å². The molecule has 0 atom stereocenters. The minimum Gasteiger partial charge on any atom is -0.467 e. The van der Waals surface area contributed by atoms with Crippen molar-refractivity contribution in [2.45, 2.75) is 6.42 Å². The Morgan fingerprint density at radius 3 is 3.20 bits per heavy atom.